The van der Waals surface area contributed by atoms with Gasteiger partial charge in [0.2, 0.25) is 17.7 Å². The van der Waals surface area contributed by atoms with Crippen LogP contribution in [-0.2, 0) is 25.5 Å². The second kappa shape index (κ2) is 11.8. The van der Waals surface area contributed by atoms with Gasteiger partial charge in [-0.3, -0.25) is 19.3 Å². The molecule has 0 spiro atoms. The Balaban J connectivity index is 1.72. The summed E-state index contributed by atoms with van der Waals surface area (Å²) < 4.78 is 5.38. The van der Waals surface area contributed by atoms with Crippen molar-refractivity contribution in [1.29, 1.82) is 0 Å². The van der Waals surface area contributed by atoms with E-state index in [4.69, 9.17) is 4.74 Å². The van der Waals surface area contributed by atoms with Crippen molar-refractivity contribution in [1.82, 2.24) is 20.4 Å². The first-order chi connectivity index (χ1) is 18.1. The van der Waals surface area contributed by atoms with E-state index in [9.17, 15) is 19.2 Å². The fourth-order valence-corrected chi connectivity index (χ4v) is 4.88. The number of ether oxygens (including phenoxy) is 1. The number of aryl methyl sites for hydroxylation is 1. The lowest BCUT2D eigenvalue weighted by Gasteiger charge is -2.37. The Morgan fingerprint density at radius 1 is 1.08 bits per heavy atom. The van der Waals surface area contributed by atoms with Crippen LogP contribution in [0.4, 0.5) is 4.79 Å². The van der Waals surface area contributed by atoms with Crippen molar-refractivity contribution in [2.24, 2.45) is 5.41 Å². The second-order valence-electron chi connectivity index (χ2n) is 12.6. The molecule has 9 nitrogen and oxygen atoms in total. The number of likely N-dealkylation sites (N-methyl/N-ethyl adjacent to an activating group) is 1. The number of carbonyl (C=O) groups is 4. The van der Waals surface area contributed by atoms with E-state index in [1.165, 1.54) is 22.4 Å². The summed E-state index contributed by atoms with van der Waals surface area (Å²) in [4.78, 5) is 55.6. The number of nitrogens with zero attached hydrogens (tertiary/aromatic N) is 2. The van der Waals surface area contributed by atoms with Crippen molar-refractivity contribution in [3.63, 3.8) is 0 Å². The number of rotatable bonds is 6. The van der Waals surface area contributed by atoms with Gasteiger partial charge in [-0.2, -0.15) is 0 Å². The minimum Gasteiger partial charge on any atom is -0.444 e. The lowest BCUT2D eigenvalue weighted by molar-refractivity contribution is -0.144. The molecule has 2 N–H and O–H groups in total. The van der Waals surface area contributed by atoms with E-state index >= 15 is 0 Å². The van der Waals surface area contributed by atoms with Crippen LogP contribution in [0.2, 0.25) is 0 Å². The minimum absolute atomic E-state index is 0.101. The van der Waals surface area contributed by atoms with Gasteiger partial charge in [-0.15, -0.1) is 0 Å². The van der Waals surface area contributed by atoms with Crippen LogP contribution in [0.1, 0.15) is 78.5 Å². The van der Waals surface area contributed by atoms with Crippen molar-refractivity contribution in [3.8, 4) is 0 Å². The molecule has 0 aromatic heterocycles. The Bertz CT molecular complexity index is 1120. The maximum Gasteiger partial charge on any atom is 0.410 e. The molecule has 0 radical (unpaired) electrons. The van der Waals surface area contributed by atoms with Gasteiger partial charge in [-0.25, -0.2) is 4.79 Å². The molecule has 2 aliphatic rings. The number of fused-ring (bicyclic) bond motifs is 1. The number of amides is 4. The van der Waals surface area contributed by atoms with Gasteiger partial charge in [0.05, 0.1) is 6.04 Å². The van der Waals surface area contributed by atoms with E-state index in [1.54, 1.807) is 39.8 Å². The molecule has 39 heavy (non-hydrogen) atoms. The largest absolute Gasteiger partial charge is 0.444 e. The van der Waals surface area contributed by atoms with Crippen molar-refractivity contribution in [3.05, 3.63) is 47.5 Å². The van der Waals surface area contributed by atoms with Crippen LogP contribution in [0.3, 0.4) is 0 Å². The first-order valence-electron chi connectivity index (χ1n) is 13.7. The highest BCUT2D eigenvalue weighted by Crippen LogP contribution is 2.30. The van der Waals surface area contributed by atoms with E-state index in [0.29, 0.717) is 0 Å². The molecule has 0 fully saturated rings. The Hall–Kier alpha value is -3.36. The van der Waals surface area contributed by atoms with Crippen molar-refractivity contribution in [2.45, 2.75) is 97.5 Å². The fraction of sp³-hybridized carbons (Fsp3) is 0.600. The predicted octanol–water partition coefficient (Wildman–Crippen LogP) is 3.73. The summed E-state index contributed by atoms with van der Waals surface area (Å²) in [7, 11) is 1.49. The molecular weight excluding hydrogens is 496 g/mol. The average molecular weight is 541 g/mol. The van der Waals surface area contributed by atoms with E-state index in [-0.39, 0.29) is 24.4 Å². The van der Waals surface area contributed by atoms with Crippen LogP contribution in [0.25, 0.3) is 0 Å². The first kappa shape index (κ1) is 30.2. The molecule has 3 rings (SSSR count). The van der Waals surface area contributed by atoms with Crippen molar-refractivity contribution in [2.75, 3.05) is 13.6 Å². The molecule has 4 atom stereocenters. The zero-order valence-electron chi connectivity index (χ0n) is 24.5. The Morgan fingerprint density at radius 3 is 2.38 bits per heavy atom. The molecule has 0 bridgehead atoms. The molecule has 4 amide bonds. The fourth-order valence-electron chi connectivity index (χ4n) is 4.88. The molecule has 214 valence electrons. The third kappa shape index (κ3) is 7.40. The monoisotopic (exact) mass is 540 g/mol. The molecule has 9 heteroatoms. The average Bonchev–Trinajstić information content (AvgIpc) is 3.34. The number of benzene rings is 1. The standard InChI is InChI=1S/C30H44N4O5/c1-19(33(8)28(38)39-30(5,6)7)25(35)32-24(29(2,3)4)27(37)34-18-12-17-23(34)26(36)31-22-16-11-14-20-13-9-10-15-21(20)22/h9-10,12-13,15,17,19,22-24H,11,14,16,18H2,1-8H3,(H,31,36)(H,32,35). The highest BCUT2D eigenvalue weighted by molar-refractivity contribution is 5.95. The second-order valence-corrected chi connectivity index (χ2v) is 12.6. The van der Waals surface area contributed by atoms with Gasteiger partial charge in [0.15, 0.2) is 0 Å². The summed E-state index contributed by atoms with van der Waals surface area (Å²) in [5.41, 5.74) is 1.01. The SMILES string of the molecule is CC(C(=O)NC(C(=O)N1CC=CC1C(=O)NC1CCCc2ccccc21)C(C)(C)C)N(C)C(=O)OC(C)(C)C. The van der Waals surface area contributed by atoms with E-state index in [1.807, 2.05) is 39.0 Å². The normalized spacial score (nSPS) is 20.5. The maximum absolute atomic E-state index is 13.8. The summed E-state index contributed by atoms with van der Waals surface area (Å²) in [6.07, 6.45) is 5.73. The summed E-state index contributed by atoms with van der Waals surface area (Å²) in [6.45, 7) is 12.7. The van der Waals surface area contributed by atoms with Crippen molar-refractivity contribution < 1.29 is 23.9 Å². The third-order valence-electron chi connectivity index (χ3n) is 7.24. The molecule has 1 heterocycles. The lowest BCUT2D eigenvalue weighted by Crippen LogP contribution is -2.60. The van der Waals surface area contributed by atoms with Gasteiger partial charge in [0.25, 0.3) is 0 Å². The quantitative estimate of drug-likeness (QED) is 0.535. The van der Waals surface area contributed by atoms with Gasteiger partial charge in [0, 0.05) is 13.6 Å². The predicted molar refractivity (Wildman–Crippen MR) is 150 cm³/mol. The van der Waals surface area contributed by atoms with E-state index in [2.05, 4.69) is 16.7 Å². The molecule has 0 saturated carbocycles. The molecule has 1 aliphatic carbocycles. The number of hydrogen-bond acceptors (Lipinski definition) is 5. The van der Waals surface area contributed by atoms with Crippen molar-refractivity contribution >= 4 is 23.8 Å². The molecule has 4 unspecified atom stereocenters. The number of nitrogens with one attached hydrogen (secondary N) is 2. The number of hydrogen-bond donors (Lipinski definition) is 2. The zero-order chi connectivity index (χ0) is 29.1. The van der Waals surface area contributed by atoms with E-state index < -0.39 is 41.1 Å². The molecule has 1 aromatic rings. The van der Waals surface area contributed by atoms with Gasteiger partial charge >= 0.3 is 6.09 Å². The summed E-state index contributed by atoms with van der Waals surface area (Å²) >= 11 is 0. The van der Waals surface area contributed by atoms with Crippen LogP contribution in [0, 0.1) is 5.41 Å². The Kier molecular flexibility index (Phi) is 9.13. The zero-order valence-corrected chi connectivity index (χ0v) is 24.5. The summed E-state index contributed by atoms with van der Waals surface area (Å²) in [5.74, 6) is -1.07. The smallest absolute Gasteiger partial charge is 0.410 e. The number of carbonyl (C=O) groups excluding carboxylic acids is 4. The molecular formula is C30H44N4O5. The maximum atomic E-state index is 13.8. The summed E-state index contributed by atoms with van der Waals surface area (Å²) in [5, 5.41) is 6.00. The van der Waals surface area contributed by atoms with Gasteiger partial charge in [0.1, 0.15) is 23.7 Å². The first-order valence-corrected chi connectivity index (χ1v) is 13.7. The Labute approximate surface area is 232 Å². The minimum atomic E-state index is -0.912. The van der Waals surface area contributed by atoms with Crippen LogP contribution < -0.4 is 10.6 Å². The highest BCUT2D eigenvalue weighted by atomic mass is 16.6. The van der Waals surface area contributed by atoms with Crippen LogP contribution in [-0.4, -0.2) is 70.9 Å². The molecule has 1 aromatic carbocycles. The van der Waals surface area contributed by atoms with Crippen LogP contribution in [0.5, 0.6) is 0 Å². The highest BCUT2D eigenvalue weighted by Gasteiger charge is 2.42. The van der Waals surface area contributed by atoms with Gasteiger partial charge < -0.3 is 20.3 Å². The van der Waals surface area contributed by atoms with E-state index in [0.717, 1.165) is 24.8 Å². The van der Waals surface area contributed by atoms with Crippen LogP contribution in [0.15, 0.2) is 36.4 Å². The summed E-state index contributed by atoms with van der Waals surface area (Å²) in [6, 6.07) is 5.48. The third-order valence-corrected chi connectivity index (χ3v) is 7.24. The molecule has 1 aliphatic heterocycles. The van der Waals surface area contributed by atoms with Crippen LogP contribution >= 0.6 is 0 Å². The Morgan fingerprint density at radius 2 is 1.74 bits per heavy atom. The topological polar surface area (TPSA) is 108 Å². The van der Waals surface area contributed by atoms with Gasteiger partial charge in [-0.05, 0) is 63.5 Å². The lowest BCUT2D eigenvalue weighted by atomic mass is 9.85. The van der Waals surface area contributed by atoms with Gasteiger partial charge in [-0.1, -0.05) is 57.2 Å². The molecule has 0 saturated heterocycles.